The molecule has 2 amide bonds. The molecule has 152 valence electrons. The number of aromatic nitrogens is 1. The Morgan fingerprint density at radius 3 is 2.54 bits per heavy atom. The van der Waals surface area contributed by atoms with E-state index in [9.17, 15) is 9.59 Å². The Morgan fingerprint density at radius 2 is 1.96 bits per heavy atom. The molecule has 0 aliphatic carbocycles. The van der Waals surface area contributed by atoms with Gasteiger partial charge in [-0.15, -0.1) is 11.3 Å². The number of carbonyl (C=O) groups is 2. The first-order valence-electron chi connectivity index (χ1n) is 9.28. The minimum absolute atomic E-state index is 0.167. The van der Waals surface area contributed by atoms with Crippen molar-refractivity contribution in [3.05, 3.63) is 45.4 Å². The fourth-order valence-corrected chi connectivity index (χ4v) is 3.45. The molecule has 6 nitrogen and oxygen atoms in total. The van der Waals surface area contributed by atoms with Crippen LogP contribution in [-0.4, -0.2) is 34.5 Å². The lowest BCUT2D eigenvalue weighted by atomic mass is 10.2. The number of amides is 2. The smallest absolute Gasteiger partial charge is 0.410 e. The van der Waals surface area contributed by atoms with E-state index < -0.39 is 5.60 Å². The number of anilines is 1. The zero-order valence-electron chi connectivity index (χ0n) is 17.6. The van der Waals surface area contributed by atoms with Gasteiger partial charge >= 0.3 is 6.09 Å². The highest BCUT2D eigenvalue weighted by molar-refractivity contribution is 7.14. The van der Waals surface area contributed by atoms with Gasteiger partial charge in [0.2, 0.25) is 0 Å². The van der Waals surface area contributed by atoms with Gasteiger partial charge in [-0.25, -0.2) is 9.78 Å². The van der Waals surface area contributed by atoms with Gasteiger partial charge in [0.05, 0.1) is 10.7 Å². The first-order chi connectivity index (χ1) is 13.0. The number of carbonyl (C=O) groups excluding carboxylic acids is 2. The van der Waals surface area contributed by atoms with E-state index in [-0.39, 0.29) is 17.9 Å². The molecule has 0 atom stereocenters. The first kappa shape index (κ1) is 21.9. The van der Waals surface area contributed by atoms with Crippen molar-refractivity contribution in [3.8, 4) is 0 Å². The minimum atomic E-state index is -0.539. The maximum atomic E-state index is 12.6. The quantitative estimate of drug-likeness (QED) is 0.745. The third-order valence-corrected chi connectivity index (χ3v) is 5.28. The molecule has 1 aromatic heterocycles. The van der Waals surface area contributed by atoms with E-state index in [0.29, 0.717) is 17.1 Å². The molecule has 0 saturated heterocycles. The number of hydrogen-bond acceptors (Lipinski definition) is 5. The second-order valence-corrected chi connectivity index (χ2v) is 9.14. The summed E-state index contributed by atoms with van der Waals surface area (Å²) in [5.74, 6) is 0.122. The molecule has 7 heteroatoms. The van der Waals surface area contributed by atoms with Gasteiger partial charge < -0.3 is 15.0 Å². The number of aryl methyl sites for hydroxylation is 1. The van der Waals surface area contributed by atoms with Crippen molar-refractivity contribution in [2.45, 2.75) is 59.6 Å². The largest absolute Gasteiger partial charge is 0.444 e. The van der Waals surface area contributed by atoms with Crippen molar-refractivity contribution in [3.63, 3.8) is 0 Å². The molecule has 0 bridgehead atoms. The topological polar surface area (TPSA) is 71.5 Å². The third-order valence-electron chi connectivity index (χ3n) is 3.82. The van der Waals surface area contributed by atoms with Crippen molar-refractivity contribution in [1.82, 2.24) is 9.88 Å². The Bertz CT molecular complexity index is 853. The maximum Gasteiger partial charge on any atom is 0.410 e. The molecule has 28 heavy (non-hydrogen) atoms. The van der Waals surface area contributed by atoms with Crippen LogP contribution in [-0.2, 0) is 11.3 Å². The Kier molecular flexibility index (Phi) is 6.82. The molecular weight excluding hydrogens is 374 g/mol. The van der Waals surface area contributed by atoms with Gasteiger partial charge in [-0.3, -0.25) is 4.79 Å². The predicted molar refractivity (Wildman–Crippen MR) is 113 cm³/mol. The van der Waals surface area contributed by atoms with E-state index in [1.54, 1.807) is 7.05 Å². The Labute approximate surface area is 170 Å². The van der Waals surface area contributed by atoms with Crippen molar-refractivity contribution in [2.24, 2.45) is 0 Å². The van der Waals surface area contributed by atoms with Gasteiger partial charge in [0, 0.05) is 25.2 Å². The normalized spacial score (nSPS) is 11.4. The standard InChI is InChI=1S/C21H29N3O3S/c1-13(2)19-22-14(3)17(28-19)18(25)23-16-10-8-9-15(11-16)12-24(7)20(26)27-21(4,5)6/h8-11,13H,12H2,1-7H3,(H,23,25). The number of ether oxygens (including phenoxy) is 1. The summed E-state index contributed by atoms with van der Waals surface area (Å²) in [6, 6.07) is 7.45. The van der Waals surface area contributed by atoms with Crippen LogP contribution in [0.25, 0.3) is 0 Å². The molecule has 1 aromatic carbocycles. The van der Waals surface area contributed by atoms with Crippen molar-refractivity contribution < 1.29 is 14.3 Å². The second-order valence-electron chi connectivity index (χ2n) is 8.11. The van der Waals surface area contributed by atoms with Gasteiger partial charge in [-0.05, 0) is 45.4 Å². The minimum Gasteiger partial charge on any atom is -0.444 e. The average molecular weight is 404 g/mol. The van der Waals surface area contributed by atoms with Crippen LogP contribution >= 0.6 is 11.3 Å². The number of benzene rings is 1. The van der Waals surface area contributed by atoms with Crippen molar-refractivity contribution >= 4 is 29.0 Å². The molecule has 0 fully saturated rings. The second kappa shape index (κ2) is 8.73. The van der Waals surface area contributed by atoms with Crippen LogP contribution in [0.2, 0.25) is 0 Å². The van der Waals surface area contributed by atoms with E-state index in [1.807, 2.05) is 52.0 Å². The Morgan fingerprint density at radius 1 is 1.29 bits per heavy atom. The Hall–Kier alpha value is -2.41. The lowest BCUT2D eigenvalue weighted by molar-refractivity contribution is 0.0285. The summed E-state index contributed by atoms with van der Waals surface area (Å²) in [4.78, 5) is 31.4. The highest BCUT2D eigenvalue weighted by Gasteiger charge is 2.20. The summed E-state index contributed by atoms with van der Waals surface area (Å²) in [5, 5.41) is 3.88. The fourth-order valence-electron chi connectivity index (χ4n) is 2.49. The molecule has 2 rings (SSSR count). The maximum absolute atomic E-state index is 12.6. The predicted octanol–water partition coefficient (Wildman–Crippen LogP) is 5.19. The Balaban J connectivity index is 2.07. The van der Waals surface area contributed by atoms with E-state index in [2.05, 4.69) is 24.1 Å². The van der Waals surface area contributed by atoms with Crippen LogP contribution < -0.4 is 5.32 Å². The first-order valence-corrected chi connectivity index (χ1v) is 10.1. The average Bonchev–Trinajstić information content (AvgIpc) is 2.96. The SMILES string of the molecule is Cc1nc(C(C)C)sc1C(=O)Nc1cccc(CN(C)C(=O)OC(C)(C)C)c1. The van der Waals surface area contributed by atoms with E-state index >= 15 is 0 Å². The summed E-state index contributed by atoms with van der Waals surface area (Å²) in [6.45, 7) is 11.9. The summed E-state index contributed by atoms with van der Waals surface area (Å²) >= 11 is 1.43. The lowest BCUT2D eigenvalue weighted by Gasteiger charge is -2.24. The van der Waals surface area contributed by atoms with Gasteiger partial charge in [0.15, 0.2) is 0 Å². The highest BCUT2D eigenvalue weighted by atomic mass is 32.1. The van der Waals surface area contributed by atoms with E-state index in [4.69, 9.17) is 4.74 Å². The van der Waals surface area contributed by atoms with Crippen LogP contribution in [0.4, 0.5) is 10.5 Å². The molecular formula is C21H29N3O3S. The van der Waals surface area contributed by atoms with Crippen LogP contribution in [0.15, 0.2) is 24.3 Å². The lowest BCUT2D eigenvalue weighted by Crippen LogP contribution is -2.33. The van der Waals surface area contributed by atoms with Crippen LogP contribution in [0.5, 0.6) is 0 Å². The zero-order valence-corrected chi connectivity index (χ0v) is 18.4. The van der Waals surface area contributed by atoms with Crippen molar-refractivity contribution in [2.75, 3.05) is 12.4 Å². The molecule has 1 heterocycles. The van der Waals surface area contributed by atoms with Gasteiger partial charge in [-0.2, -0.15) is 0 Å². The summed E-state index contributed by atoms with van der Waals surface area (Å²) in [5.41, 5.74) is 1.78. The van der Waals surface area contributed by atoms with Gasteiger partial charge in [-0.1, -0.05) is 26.0 Å². The van der Waals surface area contributed by atoms with Gasteiger partial charge in [0.1, 0.15) is 10.5 Å². The number of rotatable bonds is 5. The van der Waals surface area contributed by atoms with E-state index in [0.717, 1.165) is 16.3 Å². The molecule has 0 saturated carbocycles. The third kappa shape index (κ3) is 6.05. The van der Waals surface area contributed by atoms with Crippen molar-refractivity contribution in [1.29, 1.82) is 0 Å². The summed E-state index contributed by atoms with van der Waals surface area (Å²) in [6.07, 6.45) is -0.386. The van der Waals surface area contributed by atoms with Crippen LogP contribution in [0.3, 0.4) is 0 Å². The fraction of sp³-hybridized carbons (Fsp3) is 0.476. The molecule has 0 aliphatic rings. The molecule has 0 radical (unpaired) electrons. The van der Waals surface area contributed by atoms with E-state index in [1.165, 1.54) is 16.2 Å². The summed E-state index contributed by atoms with van der Waals surface area (Å²) in [7, 11) is 1.69. The monoisotopic (exact) mass is 403 g/mol. The number of thiazole rings is 1. The number of hydrogen-bond donors (Lipinski definition) is 1. The molecule has 0 unspecified atom stereocenters. The van der Waals surface area contributed by atoms with Crippen LogP contribution in [0, 0.1) is 6.92 Å². The molecule has 1 N–H and O–H groups in total. The van der Waals surface area contributed by atoms with Crippen LogP contribution in [0.1, 0.15) is 66.5 Å². The summed E-state index contributed by atoms with van der Waals surface area (Å²) < 4.78 is 5.37. The molecule has 0 aliphatic heterocycles. The molecule has 2 aromatic rings. The number of nitrogens with one attached hydrogen (secondary N) is 1. The number of nitrogens with zero attached hydrogens (tertiary/aromatic N) is 2. The zero-order chi connectivity index (χ0) is 21.1. The highest BCUT2D eigenvalue weighted by Crippen LogP contribution is 2.25. The van der Waals surface area contributed by atoms with Gasteiger partial charge in [0.25, 0.3) is 5.91 Å². The molecule has 0 spiro atoms.